The first-order valence-electron chi connectivity index (χ1n) is 13.6. The smallest absolute Gasteiger partial charge is 0.295 e. The zero-order valence-electron chi connectivity index (χ0n) is 22.5. The van der Waals surface area contributed by atoms with E-state index in [1.807, 2.05) is 68.4 Å². The van der Waals surface area contributed by atoms with Crippen LogP contribution in [-0.4, -0.2) is 54.4 Å². The molecule has 6 nitrogen and oxygen atoms in total. The van der Waals surface area contributed by atoms with Crippen LogP contribution in [0.5, 0.6) is 0 Å². The van der Waals surface area contributed by atoms with E-state index in [4.69, 9.17) is 25.5 Å². The zero-order valence-corrected chi connectivity index (χ0v) is 23.2. The first kappa shape index (κ1) is 27.3. The summed E-state index contributed by atoms with van der Waals surface area (Å²) >= 11 is 5.99. The summed E-state index contributed by atoms with van der Waals surface area (Å²) in [6.07, 6.45) is 5.22. The average molecular weight is 552 g/mol. The van der Waals surface area contributed by atoms with Crippen LogP contribution in [0.25, 0.3) is 16.8 Å². The minimum absolute atomic E-state index is 0.184. The highest BCUT2D eigenvalue weighted by Gasteiger charge is 2.39. The number of likely N-dealkylation sites (tertiary alicyclic amines) is 1. The molecular formula is C31H35ClFN3O3. The van der Waals surface area contributed by atoms with Crippen LogP contribution in [-0.2, 0) is 9.47 Å². The zero-order chi connectivity index (χ0) is 27.2. The average Bonchev–Trinajstić information content (AvgIpc) is 3.39. The summed E-state index contributed by atoms with van der Waals surface area (Å²) in [5, 5.41) is 4.09. The number of piperidine rings is 1. The van der Waals surface area contributed by atoms with E-state index in [9.17, 15) is 0 Å². The first-order valence-corrected chi connectivity index (χ1v) is 14.0. The second kappa shape index (κ2) is 12.3. The molecular weight excluding hydrogens is 517 g/mol. The van der Waals surface area contributed by atoms with Crippen LogP contribution in [0.3, 0.4) is 0 Å². The maximum absolute atomic E-state index is 16.5. The van der Waals surface area contributed by atoms with Crippen molar-refractivity contribution in [1.29, 1.82) is 0 Å². The summed E-state index contributed by atoms with van der Waals surface area (Å²) in [6.45, 7) is 6.60. The second-order valence-electron chi connectivity index (χ2n) is 9.99. The van der Waals surface area contributed by atoms with Crippen LogP contribution in [0.2, 0.25) is 5.02 Å². The van der Waals surface area contributed by atoms with Gasteiger partial charge in [-0.25, -0.2) is 4.39 Å². The van der Waals surface area contributed by atoms with Gasteiger partial charge < -0.3 is 19.2 Å². The summed E-state index contributed by atoms with van der Waals surface area (Å²) in [4.78, 5) is 6.76. The second-order valence-corrected chi connectivity index (χ2v) is 10.4. The lowest BCUT2D eigenvalue weighted by Crippen LogP contribution is -2.46. The Morgan fingerprint density at radius 2 is 1.74 bits per heavy atom. The summed E-state index contributed by atoms with van der Waals surface area (Å²) in [5.74, 6) is 1.20. The summed E-state index contributed by atoms with van der Waals surface area (Å²) in [5.41, 5.74) is 1.94. The summed E-state index contributed by atoms with van der Waals surface area (Å²) in [6, 6.07) is 18.1. The number of hydrogen-bond donors (Lipinski definition) is 1. The van der Waals surface area contributed by atoms with E-state index in [-0.39, 0.29) is 19.0 Å². The van der Waals surface area contributed by atoms with Crippen LogP contribution in [0.1, 0.15) is 38.7 Å². The van der Waals surface area contributed by atoms with Crippen molar-refractivity contribution in [1.82, 2.24) is 9.88 Å². The molecule has 8 heteroatoms. The van der Waals surface area contributed by atoms with E-state index in [0.717, 1.165) is 48.3 Å². The highest BCUT2D eigenvalue weighted by atomic mass is 35.5. The monoisotopic (exact) mass is 551 g/mol. The van der Waals surface area contributed by atoms with Crippen molar-refractivity contribution < 1.29 is 18.3 Å². The fraction of sp³-hybridized carbons (Fsp3) is 0.387. The number of benzene rings is 2. The van der Waals surface area contributed by atoms with Crippen molar-refractivity contribution in [3.05, 3.63) is 89.0 Å². The number of hydrogen-bond acceptors (Lipinski definition) is 6. The van der Waals surface area contributed by atoms with Crippen molar-refractivity contribution in [2.45, 2.75) is 44.8 Å². The van der Waals surface area contributed by atoms with Gasteiger partial charge in [-0.2, -0.15) is 4.98 Å². The van der Waals surface area contributed by atoms with Crippen LogP contribution < -0.4 is 5.32 Å². The molecule has 1 aliphatic heterocycles. The van der Waals surface area contributed by atoms with Gasteiger partial charge in [0.1, 0.15) is 23.5 Å². The van der Waals surface area contributed by atoms with E-state index < -0.39 is 5.67 Å². The molecule has 1 aliphatic carbocycles. The molecule has 39 heavy (non-hydrogen) atoms. The lowest BCUT2D eigenvalue weighted by Gasteiger charge is -2.38. The third kappa shape index (κ3) is 6.65. The van der Waals surface area contributed by atoms with Crippen LogP contribution in [0.15, 0.2) is 82.9 Å². The van der Waals surface area contributed by atoms with E-state index >= 15 is 4.39 Å². The number of nitrogens with one attached hydrogen (secondary N) is 1. The molecule has 0 bridgehead atoms. The fourth-order valence-corrected chi connectivity index (χ4v) is 5.43. The van der Waals surface area contributed by atoms with Gasteiger partial charge in [-0.3, -0.25) is 4.90 Å². The Kier molecular flexibility index (Phi) is 8.58. The van der Waals surface area contributed by atoms with Gasteiger partial charge in [-0.1, -0.05) is 54.1 Å². The lowest BCUT2D eigenvalue weighted by molar-refractivity contribution is 0.0872. The predicted octanol–water partition coefficient (Wildman–Crippen LogP) is 7.35. The molecule has 2 aliphatic rings. The quantitative estimate of drug-likeness (QED) is 0.284. The molecule has 1 unspecified atom stereocenters. The maximum atomic E-state index is 16.5. The van der Waals surface area contributed by atoms with Crippen molar-refractivity contribution in [2.75, 3.05) is 38.2 Å². The Morgan fingerprint density at radius 1 is 1.03 bits per heavy atom. The lowest BCUT2D eigenvalue weighted by atomic mass is 9.86. The third-order valence-corrected chi connectivity index (χ3v) is 7.35. The minimum atomic E-state index is -1.58. The Hall–Kier alpha value is -3.29. The normalized spacial score (nSPS) is 20.6. The molecule has 2 heterocycles. The standard InChI is InChI=1S/C31H35ClFN3O3/c1-3-37-27-18-31(33,19-28(38-4-2)29(27)23-8-6-5-7-9-23)21-36-16-14-25(15-17-36)34-30-35-26(20-39-30)22-10-12-24(32)13-11-22/h5-13,18,20,25H,3-4,14-17,19,21H2,1-2H3,(H,34,35). The molecule has 2 aromatic carbocycles. The molecule has 1 aromatic heterocycles. The third-order valence-electron chi connectivity index (χ3n) is 7.10. The van der Waals surface area contributed by atoms with Gasteiger partial charge in [0.15, 0.2) is 5.67 Å². The Morgan fingerprint density at radius 3 is 2.44 bits per heavy atom. The number of oxazole rings is 1. The van der Waals surface area contributed by atoms with Crippen LogP contribution in [0.4, 0.5) is 10.4 Å². The summed E-state index contributed by atoms with van der Waals surface area (Å²) in [7, 11) is 0. The van der Waals surface area contributed by atoms with Crippen LogP contribution in [0, 0.1) is 0 Å². The molecule has 0 radical (unpaired) electrons. The van der Waals surface area contributed by atoms with Crippen molar-refractivity contribution in [2.24, 2.45) is 0 Å². The number of ether oxygens (including phenoxy) is 2. The number of nitrogens with zero attached hydrogens (tertiary/aromatic N) is 2. The molecule has 3 aromatic rings. The van der Waals surface area contributed by atoms with Crippen LogP contribution >= 0.6 is 11.6 Å². The molecule has 0 saturated carbocycles. The largest absolute Gasteiger partial charge is 0.497 e. The van der Waals surface area contributed by atoms with Gasteiger partial charge in [-0.05, 0) is 50.5 Å². The van der Waals surface area contributed by atoms with E-state index in [2.05, 4.69) is 15.2 Å². The van der Waals surface area contributed by atoms with Gasteiger partial charge in [-0.15, -0.1) is 0 Å². The SMILES string of the molecule is CCOC1=CC(F)(CN2CCC(Nc3nc(-c4ccc(Cl)cc4)co3)CC2)CC(OCC)=C1c1ccccc1. The van der Waals surface area contributed by atoms with Crippen molar-refractivity contribution in [3.8, 4) is 11.3 Å². The summed E-state index contributed by atoms with van der Waals surface area (Å²) < 4.78 is 34.1. The molecule has 1 saturated heterocycles. The van der Waals surface area contributed by atoms with E-state index in [0.29, 0.717) is 35.8 Å². The van der Waals surface area contributed by atoms with Gasteiger partial charge in [0.25, 0.3) is 6.01 Å². The number of anilines is 1. The van der Waals surface area contributed by atoms with Gasteiger partial charge in [0.2, 0.25) is 0 Å². The van der Waals surface area contributed by atoms with Gasteiger partial charge >= 0.3 is 0 Å². The molecule has 1 atom stereocenters. The highest BCUT2D eigenvalue weighted by Crippen LogP contribution is 2.41. The molecule has 1 fully saturated rings. The van der Waals surface area contributed by atoms with Gasteiger partial charge in [0, 0.05) is 42.7 Å². The molecule has 0 spiro atoms. The Labute approximate surface area is 234 Å². The van der Waals surface area contributed by atoms with E-state index in [1.54, 1.807) is 12.3 Å². The molecule has 0 amide bonds. The topological polar surface area (TPSA) is 59.8 Å². The fourth-order valence-electron chi connectivity index (χ4n) is 5.30. The Bertz CT molecular complexity index is 1300. The number of rotatable bonds is 10. The molecule has 1 N–H and O–H groups in total. The number of aromatic nitrogens is 1. The maximum Gasteiger partial charge on any atom is 0.295 e. The minimum Gasteiger partial charge on any atom is -0.497 e. The highest BCUT2D eigenvalue weighted by molar-refractivity contribution is 6.30. The first-order chi connectivity index (χ1) is 19.0. The van der Waals surface area contributed by atoms with Gasteiger partial charge in [0.05, 0.1) is 18.8 Å². The molecule has 5 rings (SSSR count). The Balaban J connectivity index is 1.22. The number of halogens is 2. The predicted molar refractivity (Wildman–Crippen MR) is 153 cm³/mol. The molecule has 206 valence electrons. The number of allylic oxidation sites excluding steroid dienone is 2. The van der Waals surface area contributed by atoms with E-state index in [1.165, 1.54) is 0 Å². The van der Waals surface area contributed by atoms with Crippen molar-refractivity contribution in [3.63, 3.8) is 0 Å². The number of alkyl halides is 1. The van der Waals surface area contributed by atoms with Crippen molar-refractivity contribution >= 4 is 23.2 Å².